The first-order valence-corrected chi connectivity index (χ1v) is 24.1. The summed E-state index contributed by atoms with van der Waals surface area (Å²) in [7, 11) is 0. The highest BCUT2D eigenvalue weighted by atomic mass is 16.6. The molecule has 0 bridgehead atoms. The maximum Gasteiger partial charge on any atom is 0.306 e. The van der Waals surface area contributed by atoms with Crippen molar-refractivity contribution in [1.29, 1.82) is 0 Å². The van der Waals surface area contributed by atoms with Crippen LogP contribution in [0.1, 0.15) is 277 Å². The lowest BCUT2D eigenvalue weighted by Gasteiger charge is -2.16. The average molecular weight is 737 g/mol. The minimum Gasteiger partial charge on any atom is -0.457 e. The van der Waals surface area contributed by atoms with Gasteiger partial charge in [0.15, 0.2) is 0 Å². The number of ether oxygens (including phenoxy) is 2. The summed E-state index contributed by atoms with van der Waals surface area (Å²) in [6, 6.07) is 0. The Morgan fingerprint density at radius 3 is 0.904 bits per heavy atom. The molecule has 0 radical (unpaired) electrons. The maximum atomic E-state index is 12.2. The number of esters is 1. The van der Waals surface area contributed by atoms with E-state index < -0.39 is 6.10 Å². The molecule has 0 aliphatic heterocycles. The van der Waals surface area contributed by atoms with Crippen LogP contribution in [-0.2, 0) is 14.3 Å². The van der Waals surface area contributed by atoms with Gasteiger partial charge in [0, 0.05) is 13.0 Å². The number of hydrogen-bond donors (Lipinski definition) is 1. The van der Waals surface area contributed by atoms with Gasteiger partial charge in [-0.3, -0.25) is 4.79 Å². The molecule has 0 saturated carbocycles. The SMILES string of the molecule is CCCCCCCCCCCCCCCCCCCCCCOCC(CO)OC(=O)CCCCCCCCCCCCCCCCCCCCCC. The number of aliphatic hydroxyl groups excluding tert-OH is 1. The molecule has 0 aliphatic carbocycles. The van der Waals surface area contributed by atoms with Gasteiger partial charge in [0.25, 0.3) is 0 Å². The van der Waals surface area contributed by atoms with Crippen LogP contribution < -0.4 is 0 Å². The smallest absolute Gasteiger partial charge is 0.306 e. The summed E-state index contributed by atoms with van der Waals surface area (Å²) in [5.41, 5.74) is 0. The Morgan fingerprint density at radius 2 is 0.635 bits per heavy atom. The van der Waals surface area contributed by atoms with Crippen LogP contribution in [-0.4, -0.2) is 37.0 Å². The molecule has 52 heavy (non-hydrogen) atoms. The molecule has 1 N–H and O–H groups in total. The van der Waals surface area contributed by atoms with Gasteiger partial charge >= 0.3 is 5.97 Å². The van der Waals surface area contributed by atoms with E-state index >= 15 is 0 Å². The Balaban J connectivity index is 3.33. The van der Waals surface area contributed by atoms with Crippen molar-refractivity contribution in [2.75, 3.05) is 19.8 Å². The molecule has 0 aromatic heterocycles. The number of carbonyl (C=O) groups excluding carboxylic acids is 1. The zero-order valence-corrected chi connectivity index (χ0v) is 35.9. The highest BCUT2D eigenvalue weighted by Crippen LogP contribution is 2.17. The summed E-state index contributed by atoms with van der Waals surface area (Å²) in [5.74, 6) is -0.191. The van der Waals surface area contributed by atoms with Crippen LogP contribution in [0.2, 0.25) is 0 Å². The number of carbonyl (C=O) groups is 1. The van der Waals surface area contributed by atoms with E-state index in [1.807, 2.05) is 0 Å². The van der Waals surface area contributed by atoms with Crippen molar-refractivity contribution in [2.45, 2.75) is 283 Å². The second kappa shape index (κ2) is 46.5. The molecule has 1 atom stereocenters. The van der Waals surface area contributed by atoms with Crippen molar-refractivity contribution in [3.63, 3.8) is 0 Å². The van der Waals surface area contributed by atoms with E-state index in [2.05, 4.69) is 13.8 Å². The Labute approximate surface area is 327 Å². The molecule has 312 valence electrons. The summed E-state index contributed by atoms with van der Waals surface area (Å²) < 4.78 is 11.2. The van der Waals surface area contributed by atoms with E-state index in [-0.39, 0.29) is 12.6 Å². The molecule has 0 spiro atoms. The van der Waals surface area contributed by atoms with Crippen molar-refractivity contribution < 1.29 is 19.4 Å². The summed E-state index contributed by atoms with van der Waals surface area (Å²) in [5, 5.41) is 9.63. The van der Waals surface area contributed by atoms with Crippen LogP contribution in [0.5, 0.6) is 0 Å². The molecular weight excluding hydrogens is 641 g/mol. The molecule has 1 unspecified atom stereocenters. The van der Waals surface area contributed by atoms with Gasteiger partial charge in [0.05, 0.1) is 13.2 Å². The summed E-state index contributed by atoms with van der Waals surface area (Å²) in [6.07, 6.45) is 54.7. The molecule has 4 nitrogen and oxygen atoms in total. The Hall–Kier alpha value is -0.610. The van der Waals surface area contributed by atoms with E-state index in [9.17, 15) is 9.90 Å². The summed E-state index contributed by atoms with van der Waals surface area (Å²) in [4.78, 5) is 12.2. The standard InChI is InChI=1S/C48H96O4/c1-3-5-7-9-11-13-15-17-19-21-23-25-27-29-31-33-35-37-39-41-43-48(50)52-47(45-49)46-51-44-42-40-38-36-34-32-30-28-26-24-22-20-18-16-14-12-10-8-6-4-2/h47,49H,3-46H2,1-2H3. The second-order valence-corrected chi connectivity index (χ2v) is 16.6. The van der Waals surface area contributed by atoms with Crippen molar-refractivity contribution in [1.82, 2.24) is 0 Å². The fourth-order valence-electron chi connectivity index (χ4n) is 7.57. The average Bonchev–Trinajstić information content (AvgIpc) is 3.15. The van der Waals surface area contributed by atoms with Crippen LogP contribution in [0.3, 0.4) is 0 Å². The number of aliphatic hydroxyl groups is 1. The predicted octanol–water partition coefficient (Wildman–Crippen LogP) is 15.9. The van der Waals surface area contributed by atoms with Gasteiger partial charge in [-0.2, -0.15) is 0 Å². The van der Waals surface area contributed by atoms with Gasteiger partial charge in [0.1, 0.15) is 6.10 Å². The van der Waals surface area contributed by atoms with Gasteiger partial charge in [-0.25, -0.2) is 0 Å². The van der Waals surface area contributed by atoms with Crippen LogP contribution in [0, 0.1) is 0 Å². The molecule has 0 amide bonds. The Bertz CT molecular complexity index is 652. The van der Waals surface area contributed by atoms with Gasteiger partial charge in [-0.05, 0) is 12.8 Å². The van der Waals surface area contributed by atoms with Crippen LogP contribution >= 0.6 is 0 Å². The Morgan fingerprint density at radius 1 is 0.385 bits per heavy atom. The van der Waals surface area contributed by atoms with Crippen molar-refractivity contribution in [3.05, 3.63) is 0 Å². The maximum absolute atomic E-state index is 12.2. The minimum absolute atomic E-state index is 0.162. The van der Waals surface area contributed by atoms with Crippen molar-refractivity contribution in [2.24, 2.45) is 0 Å². The largest absolute Gasteiger partial charge is 0.457 e. The fourth-order valence-corrected chi connectivity index (χ4v) is 7.57. The monoisotopic (exact) mass is 737 g/mol. The van der Waals surface area contributed by atoms with E-state index in [1.54, 1.807) is 0 Å². The molecule has 0 rings (SSSR count). The van der Waals surface area contributed by atoms with E-state index in [4.69, 9.17) is 9.47 Å². The normalized spacial score (nSPS) is 12.1. The molecule has 0 saturated heterocycles. The van der Waals surface area contributed by atoms with Crippen LogP contribution in [0.15, 0.2) is 0 Å². The summed E-state index contributed by atoms with van der Waals surface area (Å²) >= 11 is 0. The summed E-state index contributed by atoms with van der Waals surface area (Å²) in [6.45, 7) is 5.42. The molecule has 4 heteroatoms. The topological polar surface area (TPSA) is 55.8 Å². The third-order valence-corrected chi connectivity index (χ3v) is 11.2. The zero-order chi connectivity index (χ0) is 37.7. The van der Waals surface area contributed by atoms with Gasteiger partial charge < -0.3 is 14.6 Å². The molecule has 0 fully saturated rings. The van der Waals surface area contributed by atoms with Gasteiger partial charge in [-0.1, -0.05) is 258 Å². The van der Waals surface area contributed by atoms with E-state index in [0.717, 1.165) is 19.3 Å². The third-order valence-electron chi connectivity index (χ3n) is 11.2. The molecule has 0 heterocycles. The van der Waals surface area contributed by atoms with E-state index in [1.165, 1.54) is 238 Å². The number of hydrogen-bond acceptors (Lipinski definition) is 4. The number of unbranched alkanes of at least 4 members (excludes halogenated alkanes) is 38. The van der Waals surface area contributed by atoms with Gasteiger partial charge in [0.2, 0.25) is 0 Å². The van der Waals surface area contributed by atoms with Crippen molar-refractivity contribution >= 4 is 5.97 Å². The van der Waals surface area contributed by atoms with E-state index in [0.29, 0.717) is 19.6 Å². The number of rotatable bonds is 46. The van der Waals surface area contributed by atoms with Crippen LogP contribution in [0.4, 0.5) is 0 Å². The minimum atomic E-state index is -0.525. The van der Waals surface area contributed by atoms with Gasteiger partial charge in [-0.15, -0.1) is 0 Å². The quantitative estimate of drug-likeness (QED) is 0.0499. The second-order valence-electron chi connectivity index (χ2n) is 16.6. The van der Waals surface area contributed by atoms with Crippen LogP contribution in [0.25, 0.3) is 0 Å². The first-order chi connectivity index (χ1) is 25.7. The fraction of sp³-hybridized carbons (Fsp3) is 0.979. The highest BCUT2D eigenvalue weighted by Gasteiger charge is 2.13. The molecule has 0 aromatic rings. The molecule has 0 aromatic carbocycles. The lowest BCUT2D eigenvalue weighted by atomic mass is 10.0. The molecular formula is C48H96O4. The zero-order valence-electron chi connectivity index (χ0n) is 35.9. The van der Waals surface area contributed by atoms with Crippen molar-refractivity contribution in [3.8, 4) is 0 Å². The predicted molar refractivity (Wildman–Crippen MR) is 228 cm³/mol. The lowest BCUT2D eigenvalue weighted by molar-refractivity contribution is -0.154. The lowest BCUT2D eigenvalue weighted by Crippen LogP contribution is -2.27. The first kappa shape index (κ1) is 51.4. The third kappa shape index (κ3) is 43.8. The Kier molecular flexibility index (Phi) is 46.0. The molecule has 0 aliphatic rings. The first-order valence-electron chi connectivity index (χ1n) is 24.1. The highest BCUT2D eigenvalue weighted by molar-refractivity contribution is 5.69.